The zero-order chi connectivity index (χ0) is 22.6. The highest BCUT2D eigenvalue weighted by Gasteiger charge is 2.32. The molecule has 2 aromatic carbocycles. The van der Waals surface area contributed by atoms with E-state index in [0.717, 1.165) is 5.69 Å². The van der Waals surface area contributed by atoms with Crippen molar-refractivity contribution in [3.63, 3.8) is 0 Å². The predicted octanol–water partition coefficient (Wildman–Crippen LogP) is 5.42. The fraction of sp³-hybridized carbons (Fsp3) is 0.333. The molecule has 1 heterocycles. The summed E-state index contributed by atoms with van der Waals surface area (Å²) in [5.74, 6) is -1.06. The zero-order valence-corrected chi connectivity index (χ0v) is 19.6. The Hall–Kier alpha value is -1.70. The summed E-state index contributed by atoms with van der Waals surface area (Å²) < 4.78 is 14.1. The number of esters is 1. The smallest absolute Gasteiger partial charge is 0.337 e. The van der Waals surface area contributed by atoms with E-state index in [1.807, 2.05) is 6.07 Å². The lowest BCUT2D eigenvalue weighted by Crippen LogP contribution is -2.36. The number of ether oxygens (including phenoxy) is 3. The Morgan fingerprint density at radius 3 is 2.45 bits per heavy atom. The second-order valence-corrected chi connectivity index (χ2v) is 9.50. The number of nitrogens with zero attached hydrogens (tertiary/aromatic N) is 1. The van der Waals surface area contributed by atoms with Crippen molar-refractivity contribution in [3.05, 3.63) is 64.2 Å². The maximum atomic E-state index is 12.4. The van der Waals surface area contributed by atoms with Gasteiger partial charge in [0.25, 0.3) is 3.79 Å². The van der Waals surface area contributed by atoms with Gasteiger partial charge in [0.05, 0.1) is 25.9 Å². The van der Waals surface area contributed by atoms with Crippen molar-refractivity contribution in [2.24, 2.45) is 0 Å². The van der Waals surface area contributed by atoms with Gasteiger partial charge < -0.3 is 19.1 Å². The van der Waals surface area contributed by atoms with Crippen LogP contribution >= 0.6 is 46.4 Å². The van der Waals surface area contributed by atoms with E-state index in [1.165, 1.54) is 7.11 Å². The van der Waals surface area contributed by atoms with Crippen molar-refractivity contribution in [1.82, 2.24) is 0 Å². The Balaban J connectivity index is 2.11. The molecule has 1 aliphatic heterocycles. The minimum absolute atomic E-state index is 0.331. The molecule has 0 aliphatic carbocycles. The topological polar surface area (TPSA) is 71.9 Å². The molecule has 0 spiro atoms. The predicted molar refractivity (Wildman–Crippen MR) is 123 cm³/mol. The number of anilines is 1. The van der Waals surface area contributed by atoms with Gasteiger partial charge in [-0.25, -0.2) is 4.79 Å². The number of hydrogen-bond acceptors (Lipinski definition) is 6. The highest BCUT2D eigenvalue weighted by molar-refractivity contribution is 6.76. The summed E-state index contributed by atoms with van der Waals surface area (Å²) in [5.41, 5.74) is 2.32. The monoisotopic (exact) mass is 504 g/mol. The van der Waals surface area contributed by atoms with Crippen molar-refractivity contribution < 1.29 is 19.0 Å². The van der Waals surface area contributed by atoms with E-state index in [-0.39, 0.29) is 0 Å². The van der Waals surface area contributed by atoms with Crippen molar-refractivity contribution in [2.75, 3.05) is 38.3 Å². The third-order valence-electron chi connectivity index (χ3n) is 4.68. The normalized spacial score (nSPS) is 15.3. The van der Waals surface area contributed by atoms with Crippen LogP contribution in [0, 0.1) is 5.41 Å². The molecule has 1 N–H and O–H groups in total. The third-order valence-corrected chi connectivity index (χ3v) is 5.43. The quantitative estimate of drug-likeness (QED) is 0.254. The molecule has 0 bridgehead atoms. The molecule has 0 saturated carbocycles. The van der Waals surface area contributed by atoms with E-state index in [9.17, 15) is 4.79 Å². The lowest BCUT2D eigenvalue weighted by Gasteiger charge is -2.30. The Morgan fingerprint density at radius 1 is 1.13 bits per heavy atom. The molecule has 2 aromatic rings. The van der Waals surface area contributed by atoms with Gasteiger partial charge in [0.15, 0.2) is 6.10 Å². The molecule has 1 fully saturated rings. The van der Waals surface area contributed by atoms with Gasteiger partial charge in [0.2, 0.25) is 5.90 Å². The minimum atomic E-state index is -2.05. The molecule has 1 aliphatic rings. The number of morpholine rings is 1. The summed E-state index contributed by atoms with van der Waals surface area (Å²) in [7, 11) is 1.31. The third kappa shape index (κ3) is 6.18. The molecular formula is C21H20Cl4N2O4. The van der Waals surface area contributed by atoms with Crippen LogP contribution in [0.2, 0.25) is 5.02 Å². The van der Waals surface area contributed by atoms with Crippen LogP contribution in [0.25, 0.3) is 0 Å². The molecule has 0 radical (unpaired) electrons. The Morgan fingerprint density at radius 2 is 1.84 bits per heavy atom. The van der Waals surface area contributed by atoms with Gasteiger partial charge in [-0.1, -0.05) is 58.5 Å². The maximum Gasteiger partial charge on any atom is 0.337 e. The van der Waals surface area contributed by atoms with Gasteiger partial charge in [-0.2, -0.15) is 0 Å². The molecule has 0 amide bonds. The van der Waals surface area contributed by atoms with Crippen LogP contribution in [0.5, 0.6) is 0 Å². The first-order valence-corrected chi connectivity index (χ1v) is 10.8. The number of hydrogen-bond donors (Lipinski definition) is 1. The summed E-state index contributed by atoms with van der Waals surface area (Å²) in [6, 6.07) is 12.2. The van der Waals surface area contributed by atoms with Crippen LogP contribution < -0.4 is 4.90 Å². The van der Waals surface area contributed by atoms with Gasteiger partial charge in [-0.3, -0.25) is 5.41 Å². The minimum Gasteiger partial charge on any atom is -0.465 e. The number of carbonyl (C=O) groups excluding carboxylic acids is 1. The lowest BCUT2D eigenvalue weighted by molar-refractivity contribution is 0.0600. The van der Waals surface area contributed by atoms with Gasteiger partial charge in [-0.05, 0) is 41.5 Å². The maximum absolute atomic E-state index is 12.4. The number of benzene rings is 2. The summed E-state index contributed by atoms with van der Waals surface area (Å²) >= 11 is 23.7. The molecule has 1 atom stereocenters. The van der Waals surface area contributed by atoms with E-state index < -0.39 is 21.8 Å². The largest absolute Gasteiger partial charge is 0.465 e. The summed E-state index contributed by atoms with van der Waals surface area (Å²) in [4.78, 5) is 14.5. The molecule has 1 saturated heterocycles. The van der Waals surface area contributed by atoms with Crippen LogP contribution in [-0.4, -0.2) is 49.1 Å². The van der Waals surface area contributed by atoms with Gasteiger partial charge >= 0.3 is 5.97 Å². The standard InChI is InChI=1S/C21H20Cl4N2O4/c1-29-19(28)15-9-14(11-17(12-15)27-5-7-30-8-6-27)18(31-20(26)21(23,24)25)13-3-2-4-16(22)10-13/h2-4,9-12,18,26H,5-8H2,1H3. The fourth-order valence-corrected chi connectivity index (χ4v) is 3.54. The molecule has 6 nitrogen and oxygen atoms in total. The molecule has 10 heteroatoms. The van der Waals surface area contributed by atoms with Crippen LogP contribution in [0.4, 0.5) is 5.69 Å². The molecular weight excluding hydrogens is 486 g/mol. The van der Waals surface area contributed by atoms with Crippen LogP contribution in [0.1, 0.15) is 27.6 Å². The molecule has 0 aromatic heterocycles. The number of alkyl halides is 3. The number of methoxy groups -OCH3 is 1. The molecule has 31 heavy (non-hydrogen) atoms. The zero-order valence-electron chi connectivity index (χ0n) is 16.5. The second-order valence-electron chi connectivity index (χ2n) is 6.78. The van der Waals surface area contributed by atoms with Gasteiger partial charge in [-0.15, -0.1) is 0 Å². The number of nitrogens with one attached hydrogen (secondary N) is 1. The van der Waals surface area contributed by atoms with E-state index in [2.05, 4.69) is 4.90 Å². The SMILES string of the molecule is COC(=O)c1cc(C(OC(=N)C(Cl)(Cl)Cl)c2cccc(Cl)c2)cc(N2CCOCC2)c1. The first-order valence-electron chi connectivity index (χ1n) is 9.33. The highest BCUT2D eigenvalue weighted by atomic mass is 35.6. The first kappa shape index (κ1) is 24.0. The van der Waals surface area contributed by atoms with Crippen molar-refractivity contribution >= 4 is 64.0 Å². The summed E-state index contributed by atoms with van der Waals surface area (Å²) in [6.07, 6.45) is -0.855. The molecule has 3 rings (SSSR count). The van der Waals surface area contributed by atoms with Crippen LogP contribution in [0.15, 0.2) is 42.5 Å². The van der Waals surface area contributed by atoms with Crippen LogP contribution in [0.3, 0.4) is 0 Å². The van der Waals surface area contributed by atoms with Crippen molar-refractivity contribution in [3.8, 4) is 0 Å². The average Bonchev–Trinajstić information content (AvgIpc) is 2.76. The number of carbonyl (C=O) groups is 1. The average molecular weight is 506 g/mol. The van der Waals surface area contributed by atoms with Gasteiger partial charge in [0, 0.05) is 23.8 Å². The number of rotatable bonds is 5. The summed E-state index contributed by atoms with van der Waals surface area (Å²) in [6.45, 7) is 2.47. The van der Waals surface area contributed by atoms with Crippen molar-refractivity contribution in [2.45, 2.75) is 9.90 Å². The molecule has 166 valence electrons. The van der Waals surface area contributed by atoms with Crippen LogP contribution in [-0.2, 0) is 14.2 Å². The van der Waals surface area contributed by atoms with E-state index >= 15 is 0 Å². The van der Waals surface area contributed by atoms with Crippen molar-refractivity contribution in [1.29, 1.82) is 5.41 Å². The Kier molecular flexibility index (Phi) is 7.94. The van der Waals surface area contributed by atoms with E-state index in [0.29, 0.717) is 48.0 Å². The lowest BCUT2D eigenvalue weighted by atomic mass is 9.98. The fourth-order valence-electron chi connectivity index (χ4n) is 3.21. The summed E-state index contributed by atoms with van der Waals surface area (Å²) in [5, 5.41) is 8.55. The highest BCUT2D eigenvalue weighted by Crippen LogP contribution is 2.36. The molecule has 1 unspecified atom stereocenters. The first-order chi connectivity index (χ1) is 14.7. The van der Waals surface area contributed by atoms with E-state index in [4.69, 9.17) is 66.0 Å². The number of halogens is 4. The van der Waals surface area contributed by atoms with E-state index in [1.54, 1.807) is 36.4 Å². The Bertz CT molecular complexity index is 959. The van der Waals surface area contributed by atoms with Gasteiger partial charge in [0.1, 0.15) is 0 Å². The second kappa shape index (κ2) is 10.3. The Labute approximate surface area is 200 Å².